The SMILES string of the molecule is C[C@@H](c1ccccn1)N(C)Cc1ccc(O)cc1. The molecule has 1 N–H and O–H groups in total. The maximum absolute atomic E-state index is 9.25. The minimum absolute atomic E-state index is 0.264. The van der Waals surface area contributed by atoms with E-state index < -0.39 is 0 Å². The lowest BCUT2D eigenvalue weighted by molar-refractivity contribution is 0.248. The van der Waals surface area contributed by atoms with E-state index in [-0.39, 0.29) is 6.04 Å². The van der Waals surface area contributed by atoms with Gasteiger partial charge in [0.05, 0.1) is 5.69 Å². The first-order chi connectivity index (χ1) is 8.66. The maximum Gasteiger partial charge on any atom is 0.115 e. The molecule has 0 spiro atoms. The van der Waals surface area contributed by atoms with Crippen LogP contribution >= 0.6 is 0 Å². The lowest BCUT2D eigenvalue weighted by Gasteiger charge is -2.24. The molecule has 1 atom stereocenters. The van der Waals surface area contributed by atoms with Gasteiger partial charge in [-0.2, -0.15) is 0 Å². The van der Waals surface area contributed by atoms with Gasteiger partial charge in [0.15, 0.2) is 0 Å². The monoisotopic (exact) mass is 242 g/mol. The lowest BCUT2D eigenvalue weighted by Crippen LogP contribution is -2.22. The van der Waals surface area contributed by atoms with E-state index in [0.717, 1.165) is 12.2 Å². The van der Waals surface area contributed by atoms with Gasteiger partial charge in [-0.25, -0.2) is 0 Å². The molecule has 0 bridgehead atoms. The van der Waals surface area contributed by atoms with Gasteiger partial charge in [0.1, 0.15) is 5.75 Å². The Morgan fingerprint density at radius 1 is 1.17 bits per heavy atom. The van der Waals surface area contributed by atoms with E-state index in [1.807, 2.05) is 36.5 Å². The predicted octanol–water partition coefficient (Wildman–Crippen LogP) is 2.98. The number of hydrogen-bond donors (Lipinski definition) is 1. The van der Waals surface area contributed by atoms with E-state index in [1.165, 1.54) is 5.56 Å². The largest absolute Gasteiger partial charge is 0.508 e. The highest BCUT2D eigenvalue weighted by Crippen LogP contribution is 2.19. The molecule has 0 saturated heterocycles. The summed E-state index contributed by atoms with van der Waals surface area (Å²) in [5.74, 6) is 0.305. The van der Waals surface area contributed by atoms with Crippen molar-refractivity contribution >= 4 is 0 Å². The molecule has 0 fully saturated rings. The van der Waals surface area contributed by atoms with Crippen molar-refractivity contribution in [3.63, 3.8) is 0 Å². The normalized spacial score (nSPS) is 12.6. The molecule has 3 nitrogen and oxygen atoms in total. The van der Waals surface area contributed by atoms with Gasteiger partial charge in [-0.05, 0) is 43.8 Å². The molecule has 1 heterocycles. The Morgan fingerprint density at radius 3 is 2.50 bits per heavy atom. The van der Waals surface area contributed by atoms with Gasteiger partial charge in [-0.15, -0.1) is 0 Å². The Morgan fingerprint density at radius 2 is 1.89 bits per heavy atom. The van der Waals surface area contributed by atoms with Crippen LogP contribution in [0.4, 0.5) is 0 Å². The van der Waals surface area contributed by atoms with Crippen LogP contribution in [0.15, 0.2) is 48.7 Å². The molecule has 0 radical (unpaired) electrons. The highest BCUT2D eigenvalue weighted by Gasteiger charge is 2.12. The van der Waals surface area contributed by atoms with Crippen LogP contribution in [-0.4, -0.2) is 22.0 Å². The van der Waals surface area contributed by atoms with Gasteiger partial charge in [-0.3, -0.25) is 9.88 Å². The zero-order chi connectivity index (χ0) is 13.0. The second-order valence-corrected chi connectivity index (χ2v) is 4.51. The molecule has 18 heavy (non-hydrogen) atoms. The van der Waals surface area contributed by atoms with Crippen molar-refractivity contribution in [2.45, 2.75) is 19.5 Å². The van der Waals surface area contributed by atoms with E-state index in [9.17, 15) is 5.11 Å². The highest BCUT2D eigenvalue weighted by atomic mass is 16.3. The summed E-state index contributed by atoms with van der Waals surface area (Å²) in [5, 5.41) is 9.25. The number of rotatable bonds is 4. The highest BCUT2D eigenvalue weighted by molar-refractivity contribution is 5.25. The number of phenolic OH excluding ortho intramolecular Hbond substituents is 1. The fraction of sp³-hybridized carbons (Fsp3) is 0.267. The maximum atomic E-state index is 9.25. The van der Waals surface area contributed by atoms with Crippen LogP contribution in [0.1, 0.15) is 24.2 Å². The Hall–Kier alpha value is -1.87. The number of hydrogen-bond acceptors (Lipinski definition) is 3. The third-order valence-corrected chi connectivity index (χ3v) is 3.15. The van der Waals surface area contributed by atoms with Crippen molar-refractivity contribution in [1.29, 1.82) is 0 Å². The van der Waals surface area contributed by atoms with Crippen LogP contribution in [0.25, 0.3) is 0 Å². The molecule has 3 heteroatoms. The van der Waals surface area contributed by atoms with Crippen LogP contribution in [0.3, 0.4) is 0 Å². The molecule has 1 aromatic heterocycles. The lowest BCUT2D eigenvalue weighted by atomic mass is 10.1. The van der Waals surface area contributed by atoms with Crippen molar-refractivity contribution in [2.75, 3.05) is 7.05 Å². The van der Waals surface area contributed by atoms with E-state index in [1.54, 1.807) is 12.1 Å². The molecule has 1 aromatic carbocycles. The van der Waals surface area contributed by atoms with Crippen molar-refractivity contribution in [1.82, 2.24) is 9.88 Å². The van der Waals surface area contributed by atoms with E-state index in [4.69, 9.17) is 0 Å². The molecule has 0 aliphatic rings. The minimum Gasteiger partial charge on any atom is -0.508 e. The first-order valence-electron chi connectivity index (χ1n) is 6.06. The molecule has 2 rings (SSSR count). The molecule has 0 aliphatic heterocycles. The summed E-state index contributed by atoms with van der Waals surface area (Å²) in [4.78, 5) is 6.60. The molecule has 2 aromatic rings. The third kappa shape index (κ3) is 3.08. The van der Waals surface area contributed by atoms with Crippen LogP contribution in [-0.2, 0) is 6.54 Å². The van der Waals surface area contributed by atoms with Gasteiger partial charge >= 0.3 is 0 Å². The molecular formula is C15H18N2O. The number of phenols is 1. The molecular weight excluding hydrogens is 224 g/mol. The first kappa shape index (κ1) is 12.6. The van der Waals surface area contributed by atoms with Crippen molar-refractivity contribution in [3.8, 4) is 5.75 Å². The summed E-state index contributed by atoms with van der Waals surface area (Å²) in [6, 6.07) is 13.6. The summed E-state index contributed by atoms with van der Waals surface area (Å²) in [6.45, 7) is 2.97. The van der Waals surface area contributed by atoms with Crippen LogP contribution in [0.2, 0.25) is 0 Å². The van der Waals surface area contributed by atoms with Crippen LogP contribution < -0.4 is 0 Å². The average Bonchev–Trinajstić information content (AvgIpc) is 2.41. The molecule has 0 amide bonds. The zero-order valence-corrected chi connectivity index (χ0v) is 10.7. The third-order valence-electron chi connectivity index (χ3n) is 3.15. The fourth-order valence-corrected chi connectivity index (χ4v) is 1.88. The number of aromatic hydroxyl groups is 1. The summed E-state index contributed by atoms with van der Waals surface area (Å²) < 4.78 is 0. The summed E-state index contributed by atoms with van der Waals surface area (Å²) >= 11 is 0. The second-order valence-electron chi connectivity index (χ2n) is 4.51. The second kappa shape index (κ2) is 5.65. The number of benzene rings is 1. The Labute approximate surface area is 108 Å². The van der Waals surface area contributed by atoms with Gasteiger partial charge < -0.3 is 5.11 Å². The zero-order valence-electron chi connectivity index (χ0n) is 10.7. The number of aromatic nitrogens is 1. The number of nitrogens with zero attached hydrogens (tertiary/aromatic N) is 2. The Bertz CT molecular complexity index is 482. The van der Waals surface area contributed by atoms with Gasteiger partial charge in [0.2, 0.25) is 0 Å². The molecule has 94 valence electrons. The minimum atomic E-state index is 0.264. The summed E-state index contributed by atoms with van der Waals surface area (Å²) in [6.07, 6.45) is 1.82. The molecule has 0 aliphatic carbocycles. The quantitative estimate of drug-likeness (QED) is 0.895. The first-order valence-corrected chi connectivity index (χ1v) is 6.06. The smallest absolute Gasteiger partial charge is 0.115 e. The topological polar surface area (TPSA) is 36.4 Å². The van der Waals surface area contributed by atoms with Gasteiger partial charge in [0, 0.05) is 18.8 Å². The molecule has 0 unspecified atom stereocenters. The fourth-order valence-electron chi connectivity index (χ4n) is 1.88. The van der Waals surface area contributed by atoms with E-state index in [0.29, 0.717) is 5.75 Å². The van der Waals surface area contributed by atoms with Gasteiger partial charge in [-0.1, -0.05) is 18.2 Å². The van der Waals surface area contributed by atoms with Gasteiger partial charge in [0.25, 0.3) is 0 Å². The van der Waals surface area contributed by atoms with Crippen molar-refractivity contribution < 1.29 is 5.11 Å². The van der Waals surface area contributed by atoms with E-state index in [2.05, 4.69) is 23.9 Å². The van der Waals surface area contributed by atoms with Crippen molar-refractivity contribution in [3.05, 3.63) is 59.9 Å². The van der Waals surface area contributed by atoms with E-state index >= 15 is 0 Å². The number of pyridine rings is 1. The van der Waals surface area contributed by atoms with Crippen LogP contribution in [0.5, 0.6) is 5.75 Å². The summed E-state index contributed by atoms with van der Waals surface area (Å²) in [7, 11) is 2.08. The Kier molecular flexibility index (Phi) is 3.95. The Balaban J connectivity index is 2.03. The average molecular weight is 242 g/mol. The summed E-state index contributed by atoms with van der Waals surface area (Å²) in [5.41, 5.74) is 2.25. The van der Waals surface area contributed by atoms with Crippen LogP contribution in [0, 0.1) is 0 Å². The van der Waals surface area contributed by atoms with Crippen molar-refractivity contribution in [2.24, 2.45) is 0 Å². The standard InChI is InChI=1S/C15H18N2O/c1-12(15-5-3-4-10-16-15)17(2)11-13-6-8-14(18)9-7-13/h3-10,12,18H,11H2,1-2H3/t12-/m0/s1. The molecule has 0 saturated carbocycles. The predicted molar refractivity (Wildman–Crippen MR) is 72.2 cm³/mol.